The van der Waals surface area contributed by atoms with E-state index < -0.39 is 0 Å². The van der Waals surface area contributed by atoms with E-state index in [4.69, 9.17) is 9.47 Å². The maximum atomic E-state index is 13.0. The first kappa shape index (κ1) is 21.2. The molecule has 1 N–H and O–H groups in total. The van der Waals surface area contributed by atoms with Gasteiger partial charge in [-0.05, 0) is 31.2 Å². The molecule has 2 aliphatic rings. The molecule has 29 heavy (non-hydrogen) atoms. The van der Waals surface area contributed by atoms with Gasteiger partial charge in [0.25, 0.3) is 5.91 Å². The van der Waals surface area contributed by atoms with Gasteiger partial charge in [-0.2, -0.15) is 0 Å². The Morgan fingerprint density at radius 2 is 1.72 bits per heavy atom. The fraction of sp³-hybridized carbons (Fsp3) is 0.318. The maximum Gasteiger partial charge on any atom is 0.278 e. The monoisotopic (exact) mass is 415 g/mol. The zero-order valence-electron chi connectivity index (χ0n) is 16.7. The zero-order valence-corrected chi connectivity index (χ0v) is 17.5. The van der Waals surface area contributed by atoms with Crippen molar-refractivity contribution in [2.45, 2.75) is 13.5 Å². The number of benzene rings is 2. The Balaban J connectivity index is 0.000000297. The molecule has 0 spiro atoms. The molecule has 0 saturated carbocycles. The van der Waals surface area contributed by atoms with Crippen molar-refractivity contribution < 1.29 is 14.3 Å². The zero-order chi connectivity index (χ0) is 19.5. The van der Waals surface area contributed by atoms with Crippen molar-refractivity contribution in [3.8, 4) is 11.5 Å². The van der Waals surface area contributed by atoms with Gasteiger partial charge in [-0.15, -0.1) is 12.4 Å². The summed E-state index contributed by atoms with van der Waals surface area (Å²) in [5.41, 5.74) is 2.42. The number of amides is 1. The summed E-state index contributed by atoms with van der Waals surface area (Å²) in [7, 11) is 1.79. The van der Waals surface area contributed by atoms with E-state index >= 15 is 0 Å². The minimum absolute atomic E-state index is 0. The molecule has 0 bridgehead atoms. The average Bonchev–Trinajstić information content (AvgIpc) is 3.02. The van der Waals surface area contributed by atoms with Gasteiger partial charge in [0, 0.05) is 32.1 Å². The van der Waals surface area contributed by atoms with Gasteiger partial charge >= 0.3 is 0 Å². The molecule has 1 aromatic heterocycles. The number of aryl methyl sites for hydroxylation is 1. The molecule has 2 aliphatic heterocycles. The predicted molar refractivity (Wildman–Crippen MR) is 118 cm³/mol. The summed E-state index contributed by atoms with van der Waals surface area (Å²) in [5.74, 6) is 1.31. The van der Waals surface area contributed by atoms with Crippen molar-refractivity contribution in [3.05, 3.63) is 54.2 Å². The highest BCUT2D eigenvalue weighted by Gasteiger charge is 2.31. The van der Waals surface area contributed by atoms with Gasteiger partial charge in [0.1, 0.15) is 0 Å². The van der Waals surface area contributed by atoms with Crippen molar-refractivity contribution in [2.75, 3.05) is 38.3 Å². The van der Waals surface area contributed by atoms with Gasteiger partial charge in [-0.3, -0.25) is 4.79 Å². The molecule has 5 rings (SSSR count). The lowest BCUT2D eigenvalue weighted by Crippen LogP contribution is -2.30. The molecule has 7 heteroatoms. The molecule has 0 unspecified atom stereocenters. The van der Waals surface area contributed by atoms with Crippen LogP contribution >= 0.6 is 12.4 Å². The molecule has 1 saturated heterocycles. The summed E-state index contributed by atoms with van der Waals surface area (Å²) in [6.07, 6.45) is 0. The quantitative estimate of drug-likeness (QED) is 0.650. The Bertz CT molecular complexity index is 987. The molecule has 0 atom stereocenters. The van der Waals surface area contributed by atoms with Crippen LogP contribution in [0.4, 0.5) is 5.69 Å². The number of morpholine rings is 1. The Morgan fingerprint density at radius 3 is 2.38 bits per heavy atom. The number of nitrogens with zero attached hydrogens (tertiary/aromatic N) is 2. The van der Waals surface area contributed by atoms with Crippen molar-refractivity contribution in [3.63, 3.8) is 0 Å². The number of halogens is 1. The van der Waals surface area contributed by atoms with Crippen LogP contribution in [0.25, 0.3) is 10.9 Å². The number of ether oxygens (including phenoxy) is 2. The van der Waals surface area contributed by atoms with E-state index in [-0.39, 0.29) is 18.3 Å². The van der Waals surface area contributed by atoms with E-state index in [0.717, 1.165) is 49.4 Å². The van der Waals surface area contributed by atoms with Crippen LogP contribution in [0.2, 0.25) is 0 Å². The van der Waals surface area contributed by atoms with Crippen molar-refractivity contribution >= 4 is 34.9 Å². The van der Waals surface area contributed by atoms with Crippen LogP contribution in [0.5, 0.6) is 11.5 Å². The fourth-order valence-electron chi connectivity index (χ4n) is 3.63. The second-order valence-electron chi connectivity index (χ2n) is 6.74. The Labute approximate surface area is 176 Å². The van der Waals surface area contributed by atoms with E-state index in [1.165, 1.54) is 0 Å². The largest absolute Gasteiger partial charge is 0.452 e. The molecule has 0 aliphatic carbocycles. The van der Waals surface area contributed by atoms with E-state index in [2.05, 4.69) is 5.32 Å². The van der Waals surface area contributed by atoms with E-state index in [1.807, 2.05) is 60.0 Å². The summed E-state index contributed by atoms with van der Waals surface area (Å²) in [6, 6.07) is 15.6. The molecular weight excluding hydrogens is 390 g/mol. The normalized spacial score (nSPS) is 15.2. The highest BCUT2D eigenvalue weighted by molar-refractivity contribution is 6.12. The van der Waals surface area contributed by atoms with E-state index in [9.17, 15) is 4.79 Å². The minimum atomic E-state index is -0.0435. The lowest BCUT2D eigenvalue weighted by molar-refractivity contribution is 0.0984. The van der Waals surface area contributed by atoms with Crippen LogP contribution < -0.4 is 15.0 Å². The number of rotatable bonds is 1. The number of hydrogen-bond donors (Lipinski definition) is 1. The Morgan fingerprint density at radius 1 is 1.03 bits per heavy atom. The molecule has 6 nitrogen and oxygen atoms in total. The topological polar surface area (TPSA) is 55.7 Å². The van der Waals surface area contributed by atoms with Crippen LogP contribution in [-0.4, -0.2) is 43.8 Å². The van der Waals surface area contributed by atoms with Crippen molar-refractivity contribution in [1.82, 2.24) is 9.88 Å². The van der Waals surface area contributed by atoms with E-state index in [1.54, 1.807) is 11.9 Å². The summed E-state index contributed by atoms with van der Waals surface area (Å²) in [4.78, 5) is 14.6. The van der Waals surface area contributed by atoms with Crippen LogP contribution in [-0.2, 0) is 11.3 Å². The summed E-state index contributed by atoms with van der Waals surface area (Å²) in [6.45, 7) is 6.59. The third-order valence-corrected chi connectivity index (χ3v) is 5.03. The van der Waals surface area contributed by atoms with Crippen molar-refractivity contribution in [2.24, 2.45) is 0 Å². The number of carbonyl (C=O) groups is 1. The molecule has 0 radical (unpaired) electrons. The highest BCUT2D eigenvalue weighted by atomic mass is 35.5. The second-order valence-corrected chi connectivity index (χ2v) is 6.74. The summed E-state index contributed by atoms with van der Waals surface area (Å²) >= 11 is 0. The van der Waals surface area contributed by atoms with Crippen LogP contribution in [0.15, 0.2) is 48.5 Å². The molecule has 3 heterocycles. The van der Waals surface area contributed by atoms with Gasteiger partial charge in [-0.25, -0.2) is 0 Å². The third kappa shape index (κ3) is 3.96. The van der Waals surface area contributed by atoms with Gasteiger partial charge in [0.2, 0.25) is 0 Å². The van der Waals surface area contributed by atoms with Crippen LogP contribution in [0, 0.1) is 0 Å². The molecule has 1 amide bonds. The van der Waals surface area contributed by atoms with Crippen molar-refractivity contribution in [1.29, 1.82) is 0 Å². The number of carbonyl (C=O) groups excluding carboxylic acids is 1. The maximum absolute atomic E-state index is 13.0. The molecule has 154 valence electrons. The molecule has 3 aromatic rings. The molecule has 2 aromatic carbocycles. The Hall–Kier alpha value is -2.54. The third-order valence-electron chi connectivity index (χ3n) is 5.03. The minimum Gasteiger partial charge on any atom is -0.452 e. The van der Waals surface area contributed by atoms with Crippen LogP contribution in [0.3, 0.4) is 0 Å². The highest BCUT2D eigenvalue weighted by Crippen LogP contribution is 2.43. The molecule has 1 fully saturated rings. The smallest absolute Gasteiger partial charge is 0.278 e. The standard InChI is InChI=1S/C18H16N2O2.C4H9NO.ClH/c1-3-20-13-9-5-4-8-12(13)17-16(20)18(21)19(2)14-10-6-7-11-15(14)22-17;1-3-6-4-2-5-1;/h4-11H,3H2,1-2H3;5H,1-4H2;1H. The Kier molecular flexibility index (Phi) is 6.79. The van der Waals surface area contributed by atoms with Gasteiger partial charge in [0.05, 0.1) is 24.4 Å². The first-order valence-corrected chi connectivity index (χ1v) is 9.67. The first-order chi connectivity index (χ1) is 13.7. The number of hydrogen-bond acceptors (Lipinski definition) is 4. The summed E-state index contributed by atoms with van der Waals surface area (Å²) < 4.78 is 13.2. The first-order valence-electron chi connectivity index (χ1n) is 9.67. The number of nitrogens with one attached hydrogen (secondary N) is 1. The lowest BCUT2D eigenvalue weighted by atomic mass is 10.2. The van der Waals surface area contributed by atoms with Crippen LogP contribution in [0.1, 0.15) is 17.4 Å². The predicted octanol–water partition coefficient (Wildman–Crippen LogP) is 4.07. The van der Waals surface area contributed by atoms with Gasteiger partial charge < -0.3 is 24.3 Å². The molecular formula is C22H26ClN3O3. The number of fused-ring (bicyclic) bond motifs is 4. The average molecular weight is 416 g/mol. The number of anilines is 1. The number of para-hydroxylation sites is 3. The van der Waals surface area contributed by atoms with Gasteiger partial charge in [-0.1, -0.05) is 24.3 Å². The van der Waals surface area contributed by atoms with E-state index in [0.29, 0.717) is 17.2 Å². The second kappa shape index (κ2) is 9.31. The fourth-order valence-corrected chi connectivity index (χ4v) is 3.63. The lowest BCUT2D eigenvalue weighted by Gasteiger charge is -2.17. The summed E-state index contributed by atoms with van der Waals surface area (Å²) in [5, 5.41) is 4.13. The number of aromatic nitrogens is 1. The van der Waals surface area contributed by atoms with Gasteiger partial charge in [0.15, 0.2) is 17.2 Å². The SMILES string of the molecule is C1COCCN1.CCn1c2c(c3ccccc31)Oc1ccccc1N(C)C2=O.Cl.